The molecule has 8 heteroatoms. The molecule has 1 N–H and O–H groups in total. The third kappa shape index (κ3) is 4.92. The Bertz CT molecular complexity index is 710. The number of carbonyl (C=O) groups excluding carboxylic acids is 1. The smallest absolute Gasteiger partial charge is 0.245 e. The first-order valence-electron chi connectivity index (χ1n) is 9.18. The van der Waals surface area contributed by atoms with Gasteiger partial charge in [-0.25, -0.2) is 0 Å². The molecule has 1 aliphatic rings. The summed E-state index contributed by atoms with van der Waals surface area (Å²) in [6, 6.07) is 2.09. The maximum absolute atomic E-state index is 11.6. The van der Waals surface area contributed by atoms with Crippen molar-refractivity contribution < 1.29 is 9.53 Å². The van der Waals surface area contributed by atoms with Crippen molar-refractivity contribution in [2.24, 2.45) is 5.92 Å². The van der Waals surface area contributed by atoms with Crippen molar-refractivity contribution in [3.05, 3.63) is 35.9 Å². The van der Waals surface area contributed by atoms with Gasteiger partial charge in [0.2, 0.25) is 5.91 Å². The minimum atomic E-state index is -0.0651. The highest BCUT2D eigenvalue weighted by molar-refractivity contribution is 5.77. The average molecular weight is 360 g/mol. The van der Waals surface area contributed by atoms with Crippen molar-refractivity contribution in [1.29, 1.82) is 0 Å². The zero-order valence-corrected chi connectivity index (χ0v) is 15.6. The molecule has 0 unspecified atom stereocenters. The molecule has 26 heavy (non-hydrogen) atoms. The van der Waals surface area contributed by atoms with Crippen molar-refractivity contribution in [2.75, 3.05) is 26.8 Å². The van der Waals surface area contributed by atoms with Crippen molar-refractivity contribution in [2.45, 2.75) is 39.5 Å². The third-order valence-corrected chi connectivity index (χ3v) is 4.70. The van der Waals surface area contributed by atoms with Crippen LogP contribution in [0.4, 0.5) is 0 Å². The molecule has 1 aliphatic heterocycles. The molecule has 0 aliphatic carbocycles. The van der Waals surface area contributed by atoms with E-state index < -0.39 is 0 Å². The first-order valence-corrected chi connectivity index (χ1v) is 9.18. The summed E-state index contributed by atoms with van der Waals surface area (Å²) in [6.07, 6.45) is 6.85. The molecular weight excluding hydrogens is 332 g/mol. The first kappa shape index (κ1) is 18.6. The highest BCUT2D eigenvalue weighted by Crippen LogP contribution is 2.19. The fourth-order valence-corrected chi connectivity index (χ4v) is 3.44. The van der Waals surface area contributed by atoms with Crippen LogP contribution in [0.5, 0.6) is 0 Å². The molecule has 0 saturated carbocycles. The monoisotopic (exact) mass is 360 g/mol. The molecular formula is C18H28N6O2. The highest BCUT2D eigenvalue weighted by Gasteiger charge is 2.22. The van der Waals surface area contributed by atoms with Gasteiger partial charge < -0.3 is 10.1 Å². The molecule has 142 valence electrons. The Kier molecular flexibility index (Phi) is 6.40. The molecule has 0 radical (unpaired) electrons. The van der Waals surface area contributed by atoms with Crippen LogP contribution in [-0.4, -0.2) is 57.2 Å². The molecule has 2 aromatic heterocycles. The van der Waals surface area contributed by atoms with Crippen molar-refractivity contribution in [3.8, 4) is 0 Å². The standard InChI is InChI=1S/C18H28N6O2/c1-3-23-11-16(8-21-23)10-22-9-15(4-6-19-18(25)14-26-2)12-24-17(13-22)5-7-20-24/h5,7-8,11,15H,3-4,6,9-10,12-14H2,1-2H3,(H,19,25)/t15-/m0/s1. The maximum atomic E-state index is 11.6. The summed E-state index contributed by atoms with van der Waals surface area (Å²) >= 11 is 0. The summed E-state index contributed by atoms with van der Waals surface area (Å²) < 4.78 is 8.91. The topological polar surface area (TPSA) is 77.2 Å². The van der Waals surface area contributed by atoms with Crippen LogP contribution in [0.2, 0.25) is 0 Å². The number of aryl methyl sites for hydroxylation is 1. The van der Waals surface area contributed by atoms with Gasteiger partial charge in [-0.3, -0.25) is 19.1 Å². The van der Waals surface area contributed by atoms with Crippen molar-refractivity contribution >= 4 is 5.91 Å². The molecule has 0 aromatic carbocycles. The molecule has 0 saturated heterocycles. The van der Waals surface area contributed by atoms with Crippen LogP contribution < -0.4 is 5.32 Å². The predicted octanol–water partition coefficient (Wildman–Crippen LogP) is 0.884. The van der Waals surface area contributed by atoms with Crippen LogP contribution in [0, 0.1) is 5.92 Å². The second kappa shape index (κ2) is 8.95. The van der Waals surface area contributed by atoms with Gasteiger partial charge in [-0.2, -0.15) is 10.2 Å². The SMILES string of the molecule is CCn1cc(CN2Cc3ccnn3C[C@@H](CCNC(=O)COC)C2)cn1. The number of fused-ring (bicyclic) bond motifs is 1. The summed E-state index contributed by atoms with van der Waals surface area (Å²) in [6.45, 7) is 7.36. The van der Waals surface area contributed by atoms with Crippen LogP contribution in [0.1, 0.15) is 24.6 Å². The van der Waals surface area contributed by atoms with E-state index in [0.29, 0.717) is 12.5 Å². The molecule has 1 atom stereocenters. The summed E-state index contributed by atoms with van der Waals surface area (Å²) in [4.78, 5) is 14.0. The minimum Gasteiger partial charge on any atom is -0.375 e. The Morgan fingerprint density at radius 3 is 3.04 bits per heavy atom. The van der Waals surface area contributed by atoms with Gasteiger partial charge in [0.15, 0.2) is 0 Å². The Morgan fingerprint density at radius 1 is 1.38 bits per heavy atom. The molecule has 0 bridgehead atoms. The van der Waals surface area contributed by atoms with Gasteiger partial charge in [0.05, 0.1) is 11.9 Å². The molecule has 1 amide bonds. The average Bonchev–Trinajstić information content (AvgIpc) is 3.21. The summed E-state index contributed by atoms with van der Waals surface area (Å²) in [5.74, 6) is 0.366. The van der Waals surface area contributed by atoms with E-state index >= 15 is 0 Å². The normalized spacial score (nSPS) is 17.7. The lowest BCUT2D eigenvalue weighted by Crippen LogP contribution is -2.32. The largest absolute Gasteiger partial charge is 0.375 e. The number of hydrogen-bond acceptors (Lipinski definition) is 5. The van der Waals surface area contributed by atoms with Gasteiger partial charge in [-0.05, 0) is 25.3 Å². The van der Waals surface area contributed by atoms with Gasteiger partial charge in [0.1, 0.15) is 6.61 Å². The van der Waals surface area contributed by atoms with Crippen molar-refractivity contribution in [3.63, 3.8) is 0 Å². The van der Waals surface area contributed by atoms with Crippen LogP contribution in [0.15, 0.2) is 24.7 Å². The lowest BCUT2D eigenvalue weighted by Gasteiger charge is -2.23. The highest BCUT2D eigenvalue weighted by atomic mass is 16.5. The van der Waals surface area contributed by atoms with E-state index in [1.165, 1.54) is 18.4 Å². The van der Waals surface area contributed by atoms with Gasteiger partial charge in [-0.15, -0.1) is 0 Å². The number of amides is 1. The van der Waals surface area contributed by atoms with Crippen LogP contribution in [0.25, 0.3) is 0 Å². The second-order valence-electron chi connectivity index (χ2n) is 6.82. The van der Waals surface area contributed by atoms with Crippen LogP contribution >= 0.6 is 0 Å². The molecule has 3 heterocycles. The minimum absolute atomic E-state index is 0.0651. The van der Waals surface area contributed by atoms with E-state index in [1.807, 2.05) is 17.1 Å². The number of hydrogen-bond donors (Lipinski definition) is 1. The zero-order chi connectivity index (χ0) is 18.4. The predicted molar refractivity (Wildman–Crippen MR) is 97.2 cm³/mol. The molecule has 0 spiro atoms. The van der Waals surface area contributed by atoms with Crippen LogP contribution in [-0.2, 0) is 35.7 Å². The van der Waals surface area contributed by atoms with Crippen LogP contribution in [0.3, 0.4) is 0 Å². The van der Waals surface area contributed by atoms with E-state index in [-0.39, 0.29) is 12.5 Å². The number of methoxy groups -OCH3 is 1. The first-order chi connectivity index (χ1) is 12.7. The van der Waals surface area contributed by atoms with Crippen molar-refractivity contribution in [1.82, 2.24) is 29.8 Å². The lowest BCUT2D eigenvalue weighted by atomic mass is 10.0. The number of rotatable bonds is 8. The van der Waals surface area contributed by atoms with E-state index in [1.54, 1.807) is 0 Å². The number of aromatic nitrogens is 4. The summed E-state index contributed by atoms with van der Waals surface area (Å²) in [5.41, 5.74) is 2.46. The molecule has 0 fully saturated rings. The molecule has 2 aromatic rings. The summed E-state index contributed by atoms with van der Waals surface area (Å²) in [7, 11) is 1.53. The number of carbonyl (C=O) groups is 1. The molecule has 3 rings (SSSR count). The fraction of sp³-hybridized carbons (Fsp3) is 0.611. The zero-order valence-electron chi connectivity index (χ0n) is 15.6. The Balaban J connectivity index is 1.61. The van der Waals surface area contributed by atoms with E-state index in [4.69, 9.17) is 4.74 Å². The maximum Gasteiger partial charge on any atom is 0.245 e. The Morgan fingerprint density at radius 2 is 2.27 bits per heavy atom. The number of ether oxygens (including phenoxy) is 1. The quantitative estimate of drug-likeness (QED) is 0.756. The van der Waals surface area contributed by atoms with Gasteiger partial charge in [0.25, 0.3) is 0 Å². The van der Waals surface area contributed by atoms with Gasteiger partial charge in [-0.1, -0.05) is 0 Å². The van der Waals surface area contributed by atoms with Gasteiger partial charge >= 0.3 is 0 Å². The summed E-state index contributed by atoms with van der Waals surface area (Å²) in [5, 5.41) is 11.8. The number of nitrogens with one attached hydrogen (secondary N) is 1. The fourth-order valence-electron chi connectivity index (χ4n) is 3.44. The second-order valence-corrected chi connectivity index (χ2v) is 6.82. The van der Waals surface area contributed by atoms with E-state index in [9.17, 15) is 4.79 Å². The molecule has 8 nitrogen and oxygen atoms in total. The van der Waals surface area contributed by atoms with E-state index in [2.05, 4.69) is 44.3 Å². The van der Waals surface area contributed by atoms with Gasteiger partial charge in [0, 0.05) is 64.3 Å². The Hall–Kier alpha value is -2.19. The number of nitrogens with zero attached hydrogens (tertiary/aromatic N) is 5. The van der Waals surface area contributed by atoms with E-state index in [0.717, 1.165) is 39.1 Å². The lowest BCUT2D eigenvalue weighted by molar-refractivity contribution is -0.124. The Labute approximate surface area is 154 Å². The third-order valence-electron chi connectivity index (χ3n) is 4.70.